The molecule has 0 fully saturated rings. The van der Waals surface area contributed by atoms with E-state index >= 15 is 0 Å². The molecular weight excluding hydrogens is 805 g/mol. The third-order valence-electron chi connectivity index (χ3n) is 13.8. The van der Waals surface area contributed by atoms with Gasteiger partial charge in [0.1, 0.15) is 13.2 Å². The van der Waals surface area contributed by atoms with Gasteiger partial charge >= 0.3 is 17.9 Å². The highest BCUT2D eigenvalue weighted by atomic mass is 16.6. The predicted molar refractivity (Wildman–Crippen MR) is 280 cm³/mol. The molecule has 0 aliphatic heterocycles. The molecular formula is C59H114O6. The van der Waals surface area contributed by atoms with Crippen LogP contribution in [0.5, 0.6) is 0 Å². The van der Waals surface area contributed by atoms with Gasteiger partial charge in [0.25, 0.3) is 0 Å². The van der Waals surface area contributed by atoms with E-state index < -0.39 is 6.10 Å². The zero-order chi connectivity index (χ0) is 47.5. The minimum Gasteiger partial charge on any atom is -0.462 e. The fraction of sp³-hybridized carbons (Fsp3) is 0.949. The Morgan fingerprint density at radius 2 is 0.585 bits per heavy atom. The third kappa shape index (κ3) is 51.6. The molecule has 0 radical (unpaired) electrons. The van der Waals surface area contributed by atoms with Crippen LogP contribution in [0.25, 0.3) is 0 Å². The van der Waals surface area contributed by atoms with Gasteiger partial charge in [-0.25, -0.2) is 0 Å². The Bertz CT molecular complexity index is 995. The normalized spacial score (nSPS) is 12.5. The van der Waals surface area contributed by atoms with Gasteiger partial charge in [-0.2, -0.15) is 0 Å². The van der Waals surface area contributed by atoms with Crippen LogP contribution in [0.2, 0.25) is 0 Å². The molecule has 0 heterocycles. The van der Waals surface area contributed by atoms with Gasteiger partial charge in [0.15, 0.2) is 6.10 Å². The van der Waals surface area contributed by atoms with Crippen molar-refractivity contribution >= 4 is 17.9 Å². The first-order valence-electron chi connectivity index (χ1n) is 29.3. The van der Waals surface area contributed by atoms with Crippen LogP contribution >= 0.6 is 0 Å². The molecule has 0 aromatic heterocycles. The van der Waals surface area contributed by atoms with E-state index in [-0.39, 0.29) is 31.1 Å². The molecule has 0 aromatic rings. The molecule has 65 heavy (non-hydrogen) atoms. The maximum absolute atomic E-state index is 12.9. The molecule has 0 saturated heterocycles. The first-order valence-corrected chi connectivity index (χ1v) is 29.3. The molecule has 0 aliphatic carbocycles. The van der Waals surface area contributed by atoms with Gasteiger partial charge in [-0.1, -0.05) is 291 Å². The van der Waals surface area contributed by atoms with E-state index in [1.807, 2.05) is 0 Å². The largest absolute Gasteiger partial charge is 0.462 e. The molecule has 0 amide bonds. The Labute approximate surface area is 406 Å². The van der Waals surface area contributed by atoms with Gasteiger partial charge in [0.05, 0.1) is 0 Å². The monoisotopic (exact) mass is 919 g/mol. The number of carbonyl (C=O) groups excluding carboxylic acids is 3. The van der Waals surface area contributed by atoms with Crippen molar-refractivity contribution in [3.05, 3.63) is 0 Å². The van der Waals surface area contributed by atoms with E-state index in [4.69, 9.17) is 14.2 Å². The van der Waals surface area contributed by atoms with Gasteiger partial charge in [0, 0.05) is 19.3 Å². The van der Waals surface area contributed by atoms with E-state index in [1.165, 1.54) is 218 Å². The Kier molecular flexibility index (Phi) is 50.5. The van der Waals surface area contributed by atoms with Crippen LogP contribution in [0.1, 0.15) is 330 Å². The standard InChI is InChI=1S/C59H114O6/c1-6-8-9-10-11-12-13-14-15-16-17-21-24-29-34-39-44-49-57(60)63-52-56(53-64-58(61)50-45-40-35-31-26-27-32-37-42-47-54(3)4)65-59(62)51-46-41-36-30-25-22-19-18-20-23-28-33-38-43-48-55(5)7-2/h54-56H,6-53H2,1-5H3/t55?,56-/m0/s1. The topological polar surface area (TPSA) is 78.9 Å². The summed E-state index contributed by atoms with van der Waals surface area (Å²) < 4.78 is 16.9. The van der Waals surface area contributed by atoms with Gasteiger partial charge in [0.2, 0.25) is 0 Å². The van der Waals surface area contributed by atoms with Crippen molar-refractivity contribution < 1.29 is 28.6 Å². The number of carbonyl (C=O) groups is 3. The molecule has 0 aliphatic rings. The molecule has 0 bridgehead atoms. The van der Waals surface area contributed by atoms with Crippen molar-refractivity contribution in [3.8, 4) is 0 Å². The van der Waals surface area contributed by atoms with Gasteiger partial charge < -0.3 is 14.2 Å². The van der Waals surface area contributed by atoms with E-state index in [9.17, 15) is 14.4 Å². The molecule has 0 aromatic carbocycles. The lowest BCUT2D eigenvalue weighted by molar-refractivity contribution is -0.167. The fourth-order valence-electron chi connectivity index (χ4n) is 9.02. The lowest BCUT2D eigenvalue weighted by atomic mass is 9.99. The molecule has 0 spiro atoms. The summed E-state index contributed by atoms with van der Waals surface area (Å²) in [5, 5.41) is 0. The molecule has 0 saturated carbocycles. The Morgan fingerprint density at radius 1 is 0.323 bits per heavy atom. The summed E-state index contributed by atoms with van der Waals surface area (Å²) in [6, 6.07) is 0. The fourth-order valence-corrected chi connectivity index (χ4v) is 9.02. The molecule has 386 valence electrons. The summed E-state index contributed by atoms with van der Waals surface area (Å²) in [6.45, 7) is 11.4. The minimum absolute atomic E-state index is 0.0628. The number of hydrogen-bond acceptors (Lipinski definition) is 6. The molecule has 6 heteroatoms. The zero-order valence-electron chi connectivity index (χ0n) is 44.6. The summed E-state index contributed by atoms with van der Waals surface area (Å²) >= 11 is 0. The van der Waals surface area contributed by atoms with Gasteiger partial charge in [-0.15, -0.1) is 0 Å². The SMILES string of the molecule is CCCCCCCCCCCCCCCCCCCC(=O)OC[C@@H](COC(=O)CCCCCCCCCCCC(C)C)OC(=O)CCCCCCCCCCCCCCCCC(C)CC. The van der Waals surface area contributed by atoms with Crippen LogP contribution in [0.15, 0.2) is 0 Å². The van der Waals surface area contributed by atoms with Crippen LogP contribution in [0.3, 0.4) is 0 Å². The molecule has 0 N–H and O–H groups in total. The molecule has 2 atom stereocenters. The average molecular weight is 920 g/mol. The number of esters is 3. The third-order valence-corrected chi connectivity index (χ3v) is 13.8. The van der Waals surface area contributed by atoms with Crippen LogP contribution in [-0.4, -0.2) is 37.2 Å². The number of hydrogen-bond donors (Lipinski definition) is 0. The van der Waals surface area contributed by atoms with Crippen molar-refractivity contribution in [2.75, 3.05) is 13.2 Å². The summed E-state index contributed by atoms with van der Waals surface area (Å²) in [7, 11) is 0. The van der Waals surface area contributed by atoms with Crippen LogP contribution in [0, 0.1) is 11.8 Å². The van der Waals surface area contributed by atoms with Crippen LogP contribution in [-0.2, 0) is 28.6 Å². The first-order chi connectivity index (χ1) is 31.8. The quantitative estimate of drug-likeness (QED) is 0.0344. The zero-order valence-corrected chi connectivity index (χ0v) is 44.6. The van der Waals surface area contributed by atoms with E-state index in [1.54, 1.807) is 0 Å². The van der Waals surface area contributed by atoms with Crippen molar-refractivity contribution in [2.45, 2.75) is 336 Å². The smallest absolute Gasteiger partial charge is 0.306 e. The summed E-state index contributed by atoms with van der Waals surface area (Å²) in [4.78, 5) is 38.1. The highest BCUT2D eigenvalue weighted by Crippen LogP contribution is 2.19. The summed E-state index contributed by atoms with van der Waals surface area (Å²) in [6.07, 6.45) is 55.2. The maximum atomic E-state index is 12.9. The van der Waals surface area contributed by atoms with Crippen molar-refractivity contribution in [1.29, 1.82) is 0 Å². The molecule has 1 unspecified atom stereocenters. The highest BCUT2D eigenvalue weighted by molar-refractivity contribution is 5.71. The second-order valence-corrected chi connectivity index (χ2v) is 21.0. The van der Waals surface area contributed by atoms with Crippen LogP contribution in [0.4, 0.5) is 0 Å². The Hall–Kier alpha value is -1.59. The van der Waals surface area contributed by atoms with E-state index in [0.29, 0.717) is 19.3 Å². The van der Waals surface area contributed by atoms with Crippen molar-refractivity contribution in [2.24, 2.45) is 11.8 Å². The van der Waals surface area contributed by atoms with Gasteiger partial charge in [-0.05, 0) is 31.1 Å². The van der Waals surface area contributed by atoms with Crippen molar-refractivity contribution in [3.63, 3.8) is 0 Å². The van der Waals surface area contributed by atoms with E-state index in [2.05, 4.69) is 34.6 Å². The summed E-state index contributed by atoms with van der Waals surface area (Å²) in [5.74, 6) is 0.863. The second-order valence-electron chi connectivity index (χ2n) is 21.0. The minimum atomic E-state index is -0.763. The molecule has 0 rings (SSSR count). The summed E-state index contributed by atoms with van der Waals surface area (Å²) in [5.41, 5.74) is 0. The second kappa shape index (κ2) is 51.8. The predicted octanol–water partition coefficient (Wildman–Crippen LogP) is 19.3. The van der Waals surface area contributed by atoms with E-state index in [0.717, 1.165) is 69.6 Å². The lowest BCUT2D eigenvalue weighted by Gasteiger charge is -2.18. The number of rotatable bonds is 53. The van der Waals surface area contributed by atoms with Crippen LogP contribution < -0.4 is 0 Å². The molecule has 6 nitrogen and oxygen atoms in total. The lowest BCUT2D eigenvalue weighted by Crippen LogP contribution is -2.30. The first kappa shape index (κ1) is 63.4. The highest BCUT2D eigenvalue weighted by Gasteiger charge is 2.19. The number of ether oxygens (including phenoxy) is 3. The maximum Gasteiger partial charge on any atom is 0.306 e. The Morgan fingerprint density at radius 3 is 0.877 bits per heavy atom. The average Bonchev–Trinajstić information content (AvgIpc) is 3.29. The van der Waals surface area contributed by atoms with Gasteiger partial charge in [-0.3, -0.25) is 14.4 Å². The van der Waals surface area contributed by atoms with Crippen molar-refractivity contribution in [1.82, 2.24) is 0 Å². The Balaban J connectivity index is 4.28. The number of unbranched alkanes of at least 4 members (excludes halogenated alkanes) is 37.